The Morgan fingerprint density at radius 2 is 1.93 bits per heavy atom. The molecule has 2 aromatic heterocycles. The van der Waals surface area contributed by atoms with Gasteiger partial charge >= 0.3 is 0 Å². The number of piperazine rings is 1. The van der Waals surface area contributed by atoms with Crippen molar-refractivity contribution in [1.82, 2.24) is 29.5 Å². The number of amides is 1. The third kappa shape index (κ3) is 4.86. The van der Waals surface area contributed by atoms with Gasteiger partial charge < -0.3 is 9.64 Å². The zero-order chi connectivity index (χ0) is 20.1. The number of rotatable bonds is 7. The number of fused-ring (bicyclic) bond motifs is 1. The van der Waals surface area contributed by atoms with Crippen LogP contribution in [0, 0.1) is 0 Å². The van der Waals surface area contributed by atoms with E-state index < -0.39 is 0 Å². The van der Waals surface area contributed by atoms with Gasteiger partial charge in [0.25, 0.3) is 0 Å². The van der Waals surface area contributed by atoms with E-state index in [0.717, 1.165) is 54.5 Å². The fraction of sp³-hybridized carbons (Fsp3) is 0.400. The molecule has 1 saturated heterocycles. The third-order valence-corrected chi connectivity index (χ3v) is 5.96. The Morgan fingerprint density at radius 3 is 2.72 bits per heavy atom. The van der Waals surface area contributed by atoms with E-state index in [0.29, 0.717) is 12.4 Å². The van der Waals surface area contributed by atoms with Gasteiger partial charge in [0.1, 0.15) is 23.7 Å². The zero-order valence-electron chi connectivity index (χ0n) is 16.4. The Balaban J connectivity index is 1.21. The first kappa shape index (κ1) is 19.7. The van der Waals surface area contributed by atoms with Gasteiger partial charge in [-0.05, 0) is 12.1 Å². The van der Waals surface area contributed by atoms with Crippen molar-refractivity contribution in [2.45, 2.75) is 5.03 Å². The number of hydrogen-bond donors (Lipinski definition) is 0. The lowest BCUT2D eigenvalue weighted by Gasteiger charge is -2.34. The lowest BCUT2D eigenvalue weighted by Crippen LogP contribution is -2.50. The summed E-state index contributed by atoms with van der Waals surface area (Å²) >= 11 is 1.45. The van der Waals surface area contributed by atoms with Crippen molar-refractivity contribution in [1.29, 1.82) is 0 Å². The van der Waals surface area contributed by atoms with Gasteiger partial charge in [0.15, 0.2) is 5.65 Å². The van der Waals surface area contributed by atoms with Gasteiger partial charge in [0, 0.05) is 39.8 Å². The molecule has 0 saturated carbocycles. The normalized spacial score (nSPS) is 15.0. The molecule has 9 heteroatoms. The topological polar surface area (TPSA) is 76.4 Å². The first-order chi connectivity index (χ1) is 14.2. The molecule has 4 rings (SSSR count). The van der Waals surface area contributed by atoms with Gasteiger partial charge in [-0.1, -0.05) is 30.0 Å². The van der Waals surface area contributed by atoms with Gasteiger partial charge in [0.05, 0.1) is 17.3 Å². The van der Waals surface area contributed by atoms with Crippen molar-refractivity contribution < 1.29 is 9.53 Å². The summed E-state index contributed by atoms with van der Waals surface area (Å²) in [6.07, 6.45) is 3.27. The maximum Gasteiger partial charge on any atom is 0.233 e. The number of nitrogens with zero attached hydrogens (tertiary/aromatic N) is 6. The van der Waals surface area contributed by atoms with E-state index in [4.69, 9.17) is 4.74 Å². The quantitative estimate of drug-likeness (QED) is 0.432. The Bertz CT molecular complexity index is 956. The molecule has 1 aliphatic heterocycles. The summed E-state index contributed by atoms with van der Waals surface area (Å²) in [7, 11) is 1.85. The fourth-order valence-electron chi connectivity index (χ4n) is 3.31. The van der Waals surface area contributed by atoms with Gasteiger partial charge in [-0.25, -0.2) is 9.97 Å². The number of para-hydroxylation sites is 1. The van der Waals surface area contributed by atoms with Crippen LogP contribution in [0.4, 0.5) is 0 Å². The summed E-state index contributed by atoms with van der Waals surface area (Å²) in [5.74, 6) is 1.41. The molecule has 29 heavy (non-hydrogen) atoms. The predicted octanol–water partition coefficient (Wildman–Crippen LogP) is 1.68. The maximum atomic E-state index is 12.6. The molecule has 0 N–H and O–H groups in total. The molecule has 8 nitrogen and oxygen atoms in total. The largest absolute Gasteiger partial charge is 0.492 e. The molecule has 0 spiro atoms. The van der Waals surface area contributed by atoms with Gasteiger partial charge in [0.2, 0.25) is 5.91 Å². The van der Waals surface area contributed by atoms with E-state index in [1.54, 1.807) is 10.9 Å². The molecule has 0 bridgehead atoms. The molecule has 3 aromatic rings. The van der Waals surface area contributed by atoms with Crippen molar-refractivity contribution >= 4 is 28.7 Å². The molecule has 1 fully saturated rings. The molecule has 152 valence electrons. The fourth-order valence-corrected chi connectivity index (χ4v) is 4.17. The van der Waals surface area contributed by atoms with Gasteiger partial charge in [-0.3, -0.25) is 14.4 Å². The number of carbonyl (C=O) groups is 1. The Hall–Kier alpha value is -2.65. The number of thioether (sulfide) groups is 1. The van der Waals surface area contributed by atoms with E-state index in [1.165, 1.54) is 18.1 Å². The summed E-state index contributed by atoms with van der Waals surface area (Å²) in [6, 6.07) is 9.85. The minimum absolute atomic E-state index is 0.144. The number of aromatic nitrogens is 4. The van der Waals surface area contributed by atoms with Gasteiger partial charge in [-0.15, -0.1) is 0 Å². The lowest BCUT2D eigenvalue weighted by molar-refractivity contribution is -0.130. The van der Waals surface area contributed by atoms with Crippen LogP contribution in [0.2, 0.25) is 0 Å². The van der Waals surface area contributed by atoms with Crippen LogP contribution in [0.15, 0.2) is 47.9 Å². The molecule has 0 aliphatic carbocycles. The van der Waals surface area contributed by atoms with Crippen LogP contribution < -0.4 is 4.74 Å². The van der Waals surface area contributed by atoms with E-state index in [9.17, 15) is 4.79 Å². The van der Waals surface area contributed by atoms with Crippen molar-refractivity contribution in [2.75, 3.05) is 45.1 Å². The average molecular weight is 413 g/mol. The molecule has 3 heterocycles. The van der Waals surface area contributed by atoms with Crippen LogP contribution in [-0.4, -0.2) is 80.5 Å². The van der Waals surface area contributed by atoms with Crippen LogP contribution >= 0.6 is 11.8 Å². The van der Waals surface area contributed by atoms with Crippen LogP contribution in [-0.2, 0) is 11.8 Å². The van der Waals surface area contributed by atoms with E-state index in [2.05, 4.69) is 20.0 Å². The summed E-state index contributed by atoms with van der Waals surface area (Å²) in [5, 5.41) is 5.90. The predicted molar refractivity (Wildman–Crippen MR) is 112 cm³/mol. The number of carbonyl (C=O) groups excluding carboxylic acids is 1. The van der Waals surface area contributed by atoms with Crippen LogP contribution in [0.3, 0.4) is 0 Å². The van der Waals surface area contributed by atoms with E-state index in [1.807, 2.05) is 42.3 Å². The highest BCUT2D eigenvalue weighted by atomic mass is 32.2. The molecule has 0 atom stereocenters. The average Bonchev–Trinajstić information content (AvgIpc) is 3.15. The molecular formula is C20H24N6O2S. The van der Waals surface area contributed by atoms with Crippen LogP contribution in [0.5, 0.6) is 5.75 Å². The highest BCUT2D eigenvalue weighted by Crippen LogP contribution is 2.24. The lowest BCUT2D eigenvalue weighted by atomic mass is 10.3. The van der Waals surface area contributed by atoms with Gasteiger partial charge in [-0.2, -0.15) is 5.10 Å². The number of hydrogen-bond acceptors (Lipinski definition) is 7. The third-order valence-electron chi connectivity index (χ3n) is 4.97. The van der Waals surface area contributed by atoms with Crippen molar-refractivity contribution in [3.05, 3.63) is 42.9 Å². The maximum absolute atomic E-state index is 12.6. The zero-order valence-corrected chi connectivity index (χ0v) is 17.2. The van der Waals surface area contributed by atoms with E-state index in [-0.39, 0.29) is 5.91 Å². The summed E-state index contributed by atoms with van der Waals surface area (Å²) in [5.41, 5.74) is 0.779. The van der Waals surface area contributed by atoms with Crippen LogP contribution in [0.1, 0.15) is 0 Å². The molecule has 0 unspecified atom stereocenters. The standard InChI is InChI=1S/C20H24N6O2S/c1-24-19-17(13-23-24)20(22-15-21-19)29-14-18(27)26-9-7-25(8-10-26)11-12-28-16-5-3-2-4-6-16/h2-6,13,15H,7-12,14H2,1H3. The molecule has 1 aromatic carbocycles. The van der Waals surface area contributed by atoms with Crippen LogP contribution in [0.25, 0.3) is 11.0 Å². The second-order valence-corrected chi connectivity index (χ2v) is 7.82. The summed E-state index contributed by atoms with van der Waals surface area (Å²) in [6.45, 7) is 4.76. The SMILES string of the molecule is Cn1ncc2c(SCC(=O)N3CCN(CCOc4ccccc4)CC3)ncnc21. The van der Waals surface area contributed by atoms with Crippen molar-refractivity contribution in [3.8, 4) is 5.75 Å². The summed E-state index contributed by atoms with van der Waals surface area (Å²) < 4.78 is 7.47. The smallest absolute Gasteiger partial charge is 0.233 e. The van der Waals surface area contributed by atoms with E-state index >= 15 is 0 Å². The molecule has 1 amide bonds. The minimum atomic E-state index is 0.144. The monoisotopic (exact) mass is 412 g/mol. The highest BCUT2D eigenvalue weighted by molar-refractivity contribution is 8.00. The molecule has 1 aliphatic rings. The first-order valence-corrected chi connectivity index (χ1v) is 10.6. The number of ether oxygens (including phenoxy) is 1. The van der Waals surface area contributed by atoms with Crippen molar-refractivity contribution in [2.24, 2.45) is 7.05 Å². The van der Waals surface area contributed by atoms with Crippen molar-refractivity contribution in [3.63, 3.8) is 0 Å². The first-order valence-electron chi connectivity index (χ1n) is 9.64. The second-order valence-electron chi connectivity index (χ2n) is 6.86. The number of aryl methyl sites for hydroxylation is 1. The Labute approximate surface area is 173 Å². The Morgan fingerprint density at radius 1 is 1.14 bits per heavy atom. The molecular weight excluding hydrogens is 388 g/mol. The Kier molecular flexibility index (Phi) is 6.26. The second kappa shape index (κ2) is 9.23. The minimum Gasteiger partial charge on any atom is -0.492 e. The summed E-state index contributed by atoms with van der Waals surface area (Å²) in [4.78, 5) is 25.4. The molecule has 0 radical (unpaired) electrons. The number of benzene rings is 1. The highest BCUT2D eigenvalue weighted by Gasteiger charge is 2.21.